The minimum atomic E-state index is 0.764. The van der Waals surface area contributed by atoms with Crippen molar-refractivity contribution in [3.63, 3.8) is 0 Å². The van der Waals surface area contributed by atoms with Gasteiger partial charge in [0, 0.05) is 18.1 Å². The van der Waals surface area contributed by atoms with Gasteiger partial charge in [0.25, 0.3) is 0 Å². The second kappa shape index (κ2) is 3.58. The largest absolute Gasteiger partial charge is 0.301 e. The summed E-state index contributed by atoms with van der Waals surface area (Å²) >= 11 is 0. The zero-order valence-corrected chi connectivity index (χ0v) is 9.85. The van der Waals surface area contributed by atoms with E-state index in [1.165, 1.54) is 17.8 Å². The maximum Gasteiger partial charge on any atom is 0.155 e. The molecule has 0 fully saturated rings. The molecule has 3 heteroatoms. The number of hydrogen-bond acceptors (Lipinski definition) is 2. The molecule has 84 valence electrons. The number of hydrogen-bond donors (Lipinski definition) is 0. The Bertz CT molecular complexity index is 513. The van der Waals surface area contributed by atoms with Crippen molar-refractivity contribution < 1.29 is 0 Å². The Morgan fingerprint density at radius 3 is 3.12 bits per heavy atom. The molecule has 0 N–H and O–H groups in total. The van der Waals surface area contributed by atoms with Crippen LogP contribution in [0.3, 0.4) is 0 Å². The Balaban J connectivity index is 2.08. The van der Waals surface area contributed by atoms with Crippen molar-refractivity contribution in [3.05, 3.63) is 30.0 Å². The molecule has 0 aromatic carbocycles. The Kier molecular flexibility index (Phi) is 2.20. The van der Waals surface area contributed by atoms with Crippen LogP contribution in [0.15, 0.2) is 18.6 Å². The average molecular weight is 215 g/mol. The van der Waals surface area contributed by atoms with Gasteiger partial charge in [0.15, 0.2) is 5.65 Å². The molecule has 0 spiro atoms. The average Bonchev–Trinajstić information content (AvgIpc) is 2.66. The van der Waals surface area contributed by atoms with Gasteiger partial charge in [-0.15, -0.1) is 0 Å². The molecule has 0 radical (unpaired) electrons. The molecule has 1 unspecified atom stereocenters. The molecule has 2 aromatic heterocycles. The van der Waals surface area contributed by atoms with Crippen LogP contribution in [0.2, 0.25) is 0 Å². The first kappa shape index (κ1) is 9.82. The molecule has 0 saturated carbocycles. The van der Waals surface area contributed by atoms with Crippen LogP contribution in [0.5, 0.6) is 0 Å². The second-order valence-corrected chi connectivity index (χ2v) is 5.06. The minimum Gasteiger partial charge on any atom is -0.301 e. The maximum atomic E-state index is 4.65. The zero-order chi connectivity index (χ0) is 11.1. The normalized spacial score (nSPS) is 20.3. The molecule has 1 aliphatic rings. The molecule has 3 rings (SSSR count). The maximum absolute atomic E-state index is 4.65. The topological polar surface area (TPSA) is 30.2 Å². The Labute approximate surface area is 95.5 Å². The first-order valence-electron chi connectivity index (χ1n) is 6.05. The summed E-state index contributed by atoms with van der Waals surface area (Å²) < 4.78 is 2.21. The highest BCUT2D eigenvalue weighted by Crippen LogP contribution is 2.30. The molecule has 1 atom stereocenters. The van der Waals surface area contributed by atoms with Gasteiger partial charge < -0.3 is 4.40 Å². The number of nitrogens with zero attached hydrogens (tertiary/aromatic N) is 3. The van der Waals surface area contributed by atoms with E-state index in [2.05, 4.69) is 28.2 Å². The smallest absolute Gasteiger partial charge is 0.155 e. The van der Waals surface area contributed by atoms with Crippen LogP contribution < -0.4 is 0 Å². The standard InChI is InChI=1S/C13H17N3/c1-9(2)10-3-4-11-12(7-10)16-6-5-14-8-13(16)15-11/h5-6,8-10H,3-4,7H2,1-2H3. The van der Waals surface area contributed by atoms with Gasteiger partial charge in [-0.3, -0.25) is 4.98 Å². The Hall–Kier alpha value is -1.38. The van der Waals surface area contributed by atoms with Crippen molar-refractivity contribution in [2.45, 2.75) is 33.1 Å². The summed E-state index contributed by atoms with van der Waals surface area (Å²) in [4.78, 5) is 8.77. The second-order valence-electron chi connectivity index (χ2n) is 5.06. The number of rotatable bonds is 1. The third-order valence-electron chi connectivity index (χ3n) is 3.76. The van der Waals surface area contributed by atoms with E-state index in [9.17, 15) is 0 Å². The van der Waals surface area contributed by atoms with E-state index in [0.29, 0.717) is 0 Å². The van der Waals surface area contributed by atoms with Crippen LogP contribution in [0.4, 0.5) is 0 Å². The summed E-state index contributed by atoms with van der Waals surface area (Å²) in [5, 5.41) is 0. The zero-order valence-electron chi connectivity index (χ0n) is 9.85. The molecular formula is C13H17N3. The van der Waals surface area contributed by atoms with Crippen LogP contribution in [-0.2, 0) is 12.8 Å². The summed E-state index contributed by atoms with van der Waals surface area (Å²) in [6.45, 7) is 4.64. The molecule has 0 amide bonds. The first-order chi connectivity index (χ1) is 7.75. The Morgan fingerprint density at radius 2 is 2.31 bits per heavy atom. The SMILES string of the molecule is CC(C)C1CCc2nc3cnccn3c2C1. The molecule has 0 aliphatic heterocycles. The van der Waals surface area contributed by atoms with Crippen LogP contribution in [0.25, 0.3) is 5.65 Å². The highest BCUT2D eigenvalue weighted by molar-refractivity contribution is 5.41. The number of imidazole rings is 1. The monoisotopic (exact) mass is 215 g/mol. The predicted octanol–water partition coefficient (Wildman–Crippen LogP) is 2.49. The molecular weight excluding hydrogens is 198 g/mol. The van der Waals surface area contributed by atoms with E-state index in [4.69, 9.17) is 0 Å². The van der Waals surface area contributed by atoms with Crippen LogP contribution in [0.1, 0.15) is 31.7 Å². The van der Waals surface area contributed by atoms with Crippen LogP contribution in [-0.4, -0.2) is 14.4 Å². The van der Waals surface area contributed by atoms with Crippen LogP contribution >= 0.6 is 0 Å². The van der Waals surface area contributed by atoms with Gasteiger partial charge >= 0.3 is 0 Å². The van der Waals surface area contributed by atoms with E-state index in [-0.39, 0.29) is 0 Å². The number of fused-ring (bicyclic) bond motifs is 3. The lowest BCUT2D eigenvalue weighted by Crippen LogP contribution is -2.19. The van der Waals surface area contributed by atoms with E-state index in [1.807, 2.05) is 18.6 Å². The highest BCUT2D eigenvalue weighted by atomic mass is 15.0. The van der Waals surface area contributed by atoms with Gasteiger partial charge in [-0.1, -0.05) is 13.8 Å². The molecule has 2 heterocycles. The van der Waals surface area contributed by atoms with E-state index in [0.717, 1.165) is 30.3 Å². The minimum absolute atomic E-state index is 0.764. The Morgan fingerprint density at radius 1 is 1.44 bits per heavy atom. The van der Waals surface area contributed by atoms with Gasteiger partial charge in [-0.25, -0.2) is 4.98 Å². The quantitative estimate of drug-likeness (QED) is 0.731. The van der Waals surface area contributed by atoms with Crippen molar-refractivity contribution >= 4 is 5.65 Å². The number of aromatic nitrogens is 3. The molecule has 1 aliphatic carbocycles. The lowest BCUT2D eigenvalue weighted by atomic mass is 9.82. The van der Waals surface area contributed by atoms with E-state index >= 15 is 0 Å². The van der Waals surface area contributed by atoms with Crippen molar-refractivity contribution in [2.24, 2.45) is 11.8 Å². The fourth-order valence-corrected chi connectivity index (χ4v) is 2.66. The first-order valence-corrected chi connectivity index (χ1v) is 6.05. The predicted molar refractivity (Wildman–Crippen MR) is 63.3 cm³/mol. The van der Waals surface area contributed by atoms with Crippen molar-refractivity contribution in [1.82, 2.24) is 14.4 Å². The fraction of sp³-hybridized carbons (Fsp3) is 0.538. The van der Waals surface area contributed by atoms with Gasteiger partial charge in [0.05, 0.1) is 11.9 Å². The third kappa shape index (κ3) is 1.42. The molecule has 16 heavy (non-hydrogen) atoms. The van der Waals surface area contributed by atoms with Crippen LogP contribution in [0, 0.1) is 11.8 Å². The van der Waals surface area contributed by atoms with Crippen molar-refractivity contribution in [3.8, 4) is 0 Å². The van der Waals surface area contributed by atoms with Gasteiger partial charge in [0.2, 0.25) is 0 Å². The lowest BCUT2D eigenvalue weighted by molar-refractivity contribution is 0.337. The summed E-state index contributed by atoms with van der Waals surface area (Å²) in [6.07, 6.45) is 9.29. The molecule has 3 nitrogen and oxygen atoms in total. The van der Waals surface area contributed by atoms with E-state index < -0.39 is 0 Å². The van der Waals surface area contributed by atoms with E-state index in [1.54, 1.807) is 0 Å². The lowest BCUT2D eigenvalue weighted by Gasteiger charge is -2.25. The molecule has 2 aromatic rings. The fourth-order valence-electron chi connectivity index (χ4n) is 2.66. The number of aryl methyl sites for hydroxylation is 1. The van der Waals surface area contributed by atoms with Gasteiger partial charge in [0.1, 0.15) is 0 Å². The summed E-state index contributed by atoms with van der Waals surface area (Å²) in [6, 6.07) is 0. The van der Waals surface area contributed by atoms with Crippen molar-refractivity contribution in [2.75, 3.05) is 0 Å². The van der Waals surface area contributed by atoms with Crippen molar-refractivity contribution in [1.29, 1.82) is 0 Å². The summed E-state index contributed by atoms with van der Waals surface area (Å²) in [5.41, 5.74) is 3.68. The summed E-state index contributed by atoms with van der Waals surface area (Å²) in [5.74, 6) is 1.57. The highest BCUT2D eigenvalue weighted by Gasteiger charge is 2.24. The van der Waals surface area contributed by atoms with Gasteiger partial charge in [-0.05, 0) is 31.1 Å². The summed E-state index contributed by atoms with van der Waals surface area (Å²) in [7, 11) is 0. The molecule has 0 saturated heterocycles. The molecule has 0 bridgehead atoms. The van der Waals surface area contributed by atoms with Gasteiger partial charge in [-0.2, -0.15) is 0 Å². The third-order valence-corrected chi connectivity index (χ3v) is 3.76.